The van der Waals surface area contributed by atoms with Crippen molar-refractivity contribution >= 4 is 138 Å². The molecular formula is C94H98N8O13P2S2Si. The lowest BCUT2D eigenvalue weighted by Crippen LogP contribution is -2.71. The Bertz CT molecular complexity index is 5630. The summed E-state index contributed by atoms with van der Waals surface area (Å²) in [6, 6.07) is 63.6. The first-order valence-electron chi connectivity index (χ1n) is 39.9. The van der Waals surface area contributed by atoms with Crippen LogP contribution in [0.2, 0.25) is 18.1 Å². The first-order valence-corrected chi connectivity index (χ1v) is 48.0. The van der Waals surface area contributed by atoms with E-state index in [1.807, 2.05) is 226 Å². The Kier molecular flexibility index (Phi) is 26.7. The van der Waals surface area contributed by atoms with Crippen LogP contribution in [0, 0.1) is 23.7 Å². The maximum Gasteiger partial charge on any atom is 0.356 e. The molecule has 0 spiro atoms. The third-order valence-electron chi connectivity index (χ3n) is 22.6. The fourth-order valence-electron chi connectivity index (χ4n) is 16.1. The molecule has 6 aromatic heterocycles. The van der Waals surface area contributed by atoms with Crippen LogP contribution in [0.25, 0.3) is 9.66 Å². The molecule has 1 N–H and O–H groups in total. The zero-order valence-corrected chi connectivity index (χ0v) is 73.3. The molecule has 8 heterocycles. The van der Waals surface area contributed by atoms with E-state index in [4.69, 9.17) is 28.4 Å². The molecule has 2 fully saturated rings. The lowest BCUT2D eigenvalue weighted by atomic mass is 9.75. The molecule has 0 radical (unpaired) electrons. The van der Waals surface area contributed by atoms with E-state index in [9.17, 15) is 24.3 Å². The van der Waals surface area contributed by atoms with Crippen molar-refractivity contribution in [3.05, 3.63) is 314 Å². The summed E-state index contributed by atoms with van der Waals surface area (Å²) in [4.78, 5) is 126. The quantitative estimate of drug-likeness (QED) is 0.00782. The number of benzene rings is 6. The van der Waals surface area contributed by atoms with Gasteiger partial charge in [-0.1, -0.05) is 248 Å². The Morgan fingerprint density at radius 3 is 1.29 bits per heavy atom. The highest BCUT2D eigenvalue weighted by Gasteiger charge is 2.61. The number of likely N-dealkylation sites (tertiary alicyclic amines) is 2. The molecule has 12 aromatic rings. The molecule has 8 atom stereocenters. The minimum absolute atomic E-state index is 0.0847. The van der Waals surface area contributed by atoms with E-state index >= 15 is 14.4 Å². The first-order chi connectivity index (χ1) is 57.8. The summed E-state index contributed by atoms with van der Waals surface area (Å²) in [5, 5.41) is 15.9. The van der Waals surface area contributed by atoms with Crippen LogP contribution in [-0.2, 0) is 48.3 Å². The van der Waals surface area contributed by atoms with Crippen LogP contribution >= 0.6 is 36.4 Å². The lowest BCUT2D eigenvalue weighted by molar-refractivity contribution is -0.214. The number of ketones is 3. The van der Waals surface area contributed by atoms with Gasteiger partial charge in [0.15, 0.2) is 19.9 Å². The van der Waals surface area contributed by atoms with E-state index in [-0.39, 0.29) is 58.0 Å². The summed E-state index contributed by atoms with van der Waals surface area (Å²) in [6.07, 6.45) is 14.2. The maximum atomic E-state index is 15.6. The van der Waals surface area contributed by atoms with Gasteiger partial charge in [-0.2, -0.15) is 0 Å². The number of β-lactam (4-membered cyclic amide) rings is 2. The second-order valence-corrected chi connectivity index (χ2v) is 44.4. The van der Waals surface area contributed by atoms with Crippen molar-refractivity contribution in [1.29, 1.82) is 0 Å². The number of Topliss-reactive ketones (excluding diaryl/α,β-unsaturated/α-hetero) is 2. The molecule has 21 nitrogen and oxygen atoms in total. The van der Waals surface area contributed by atoms with Crippen molar-refractivity contribution in [3.63, 3.8) is 0 Å². The average molecular weight is 1700 g/mol. The van der Waals surface area contributed by atoms with Gasteiger partial charge in [-0.15, -0.1) is 22.7 Å². The normalized spacial score (nSPS) is 16.7. The predicted molar refractivity (Wildman–Crippen MR) is 479 cm³/mol. The number of carbonyl (C=O) groups is 7. The van der Waals surface area contributed by atoms with E-state index in [1.54, 1.807) is 65.7 Å². The van der Waals surface area contributed by atoms with Crippen molar-refractivity contribution in [2.24, 2.45) is 23.7 Å². The highest BCUT2D eigenvalue weighted by atomic mass is 32.1. The Labute approximate surface area is 708 Å². The fraction of sp³-hybridized carbons (Fsp3) is 0.266. The summed E-state index contributed by atoms with van der Waals surface area (Å²) >= 11 is 2.40. The topological polar surface area (TPSA) is 253 Å². The van der Waals surface area contributed by atoms with Gasteiger partial charge in [0, 0.05) is 87.1 Å². The number of aliphatic hydroxyl groups excluding tert-OH is 1. The number of nitrogens with zero attached hydrogens (tertiary/aromatic N) is 8. The highest BCUT2D eigenvalue weighted by Crippen LogP contribution is 2.54. The first kappa shape index (κ1) is 86.8. The Morgan fingerprint density at radius 2 is 0.917 bits per heavy atom. The second kappa shape index (κ2) is 36.9. The van der Waals surface area contributed by atoms with Gasteiger partial charge in [0.05, 0.1) is 45.9 Å². The summed E-state index contributed by atoms with van der Waals surface area (Å²) < 4.78 is 35.2. The van der Waals surface area contributed by atoms with Gasteiger partial charge in [0.25, 0.3) is 0 Å². The van der Waals surface area contributed by atoms with Crippen LogP contribution in [0.15, 0.2) is 281 Å². The van der Waals surface area contributed by atoms with E-state index in [2.05, 4.69) is 62.0 Å². The zero-order valence-electron chi connectivity index (χ0n) is 68.9. The van der Waals surface area contributed by atoms with Gasteiger partial charge in [-0.05, 0) is 95.9 Å². The molecule has 2 aliphatic heterocycles. The minimum Gasteiger partial charge on any atom is -0.457 e. The van der Waals surface area contributed by atoms with Crippen molar-refractivity contribution in [3.8, 4) is 0 Å². The van der Waals surface area contributed by atoms with Crippen LogP contribution in [0.5, 0.6) is 0 Å². The predicted octanol–water partition coefficient (Wildman–Crippen LogP) is 13.9. The Balaban J connectivity index is 0.000000211. The lowest BCUT2D eigenvalue weighted by Gasteiger charge is -2.54. The number of hydrogen-bond donors (Lipinski definition) is 1. The molecular weight excluding hydrogens is 1600 g/mol. The summed E-state index contributed by atoms with van der Waals surface area (Å²) in [5.74, 6) is -7.92. The third-order valence-corrected chi connectivity index (χ3v) is 37.9. The molecule has 0 aliphatic carbocycles. The van der Waals surface area contributed by atoms with E-state index in [0.717, 1.165) is 43.2 Å². The van der Waals surface area contributed by atoms with Gasteiger partial charge in [-0.3, -0.25) is 42.7 Å². The monoisotopic (exact) mass is 1700 g/mol. The SMILES string of the molecule is C=CCOC(=O)C(N1C(=O)[C@H]([C@@H](C)O)[C@H]1[C@@H](C)C(=O)c1cn2cnc(C(=O)c3cccnc3)c2s1)=P(c1ccccc1)(c1ccccc1)c1ccccc1.C=CCOC(=O)C(N1C(=O)[C@H]([C@@H](C)O[Si](C)(C)C(C)(C)C)[C@H]1[C@@H](C)C(=O)c1cn2cnc(C(OCC)(OCC)c3cccnc3)c2s1)=P(c1ccccc1)(c1ccccc1)c1ccccc1. The third kappa shape index (κ3) is 16.1. The maximum absolute atomic E-state index is 15.6. The number of aliphatic hydroxyl groups is 1. The molecule has 14 rings (SSSR count). The van der Waals surface area contributed by atoms with Crippen molar-refractivity contribution in [1.82, 2.24) is 38.5 Å². The second-order valence-electron chi connectivity index (χ2n) is 31.0. The molecule has 2 saturated heterocycles. The molecule has 120 heavy (non-hydrogen) atoms. The van der Waals surface area contributed by atoms with Crippen molar-refractivity contribution in [2.75, 3.05) is 26.4 Å². The van der Waals surface area contributed by atoms with Gasteiger partial charge in [0.2, 0.25) is 23.4 Å². The average Bonchev–Trinajstić information content (AvgIpc) is 0.823. The van der Waals surface area contributed by atoms with E-state index < -0.39 is 93.7 Å². The number of amides is 2. The van der Waals surface area contributed by atoms with Crippen LogP contribution in [0.4, 0.5) is 0 Å². The van der Waals surface area contributed by atoms with Crippen LogP contribution < -0.4 is 31.8 Å². The molecule has 26 heteroatoms. The number of hydrogen-bond acceptors (Lipinski definition) is 19. The van der Waals surface area contributed by atoms with Crippen LogP contribution in [0.3, 0.4) is 0 Å². The number of rotatable bonds is 32. The van der Waals surface area contributed by atoms with Gasteiger partial charge >= 0.3 is 11.9 Å². The number of esters is 2. The number of pyridine rings is 2. The highest BCUT2D eigenvalue weighted by molar-refractivity contribution is 7.97. The summed E-state index contributed by atoms with van der Waals surface area (Å²) in [7, 11) is -2.46. The fourth-order valence-corrected chi connectivity index (χ4v) is 28.5. The smallest absolute Gasteiger partial charge is 0.356 e. The van der Waals surface area contributed by atoms with Gasteiger partial charge in [-0.25, -0.2) is 19.6 Å². The Morgan fingerprint density at radius 1 is 0.533 bits per heavy atom. The van der Waals surface area contributed by atoms with E-state index in [1.165, 1.54) is 47.8 Å². The largest absolute Gasteiger partial charge is 0.457 e. The summed E-state index contributed by atoms with van der Waals surface area (Å²) in [6.45, 7) is 23.1. The zero-order chi connectivity index (χ0) is 85.4. The summed E-state index contributed by atoms with van der Waals surface area (Å²) in [5.41, 5.74) is 2.01. The van der Waals surface area contributed by atoms with Crippen molar-refractivity contribution < 1.29 is 62.0 Å². The Hall–Kier alpha value is -11.0. The number of ether oxygens (including phenoxy) is 4. The molecule has 0 bridgehead atoms. The number of thiazole rings is 2. The van der Waals surface area contributed by atoms with Crippen molar-refractivity contribution in [2.45, 2.75) is 111 Å². The molecule has 2 aliphatic rings. The molecule has 0 unspecified atom stereocenters. The van der Waals surface area contributed by atoms with Gasteiger partial charge < -0.3 is 38.3 Å². The number of fused-ring (bicyclic) bond motifs is 2. The standard InChI is InChI=1S/C52H61N4O7PSSi.C42H37N4O6PS/c1-11-32-60-50(59)48(64(39-25-17-14-18-26-39,40-27-19-15-20-28-40)41-29-21-16-22-30-41)56-44(43(47(56)58)37(5)63-66(9,10)51(6,7)8)36(4)45(57)42-34-55-35-54-46(49(55)65-42)52(61-12-2,62-13-3)38-24-23-31-53-33-38;1-4-23-52-42(51)40(53(30-16-8-5-9-17-30,31-18-10-6-11-19-31)32-20-12-7-13-21-32)46-36(34(28(3)47)39(46)50)27(2)37(48)33-25-45-26-44-35(41(45)54-33)38(49)29-15-14-22-43-24-29/h11,14-31,33-37,43-44H,1,12-13,32H2,2-10H3;4-22,24-28,34,36,47H,1,23H2,2-3H3/t36-,37-,43-,44-;27-,28-,34-,36-/m11/s1. The van der Waals surface area contributed by atoms with Crippen LogP contribution in [-0.4, -0.2) is 155 Å². The van der Waals surface area contributed by atoms with Gasteiger partial charge in [0.1, 0.15) is 57.8 Å². The number of imidazole rings is 2. The minimum atomic E-state index is -3.28. The molecule has 0 saturated carbocycles. The molecule has 618 valence electrons. The molecule has 6 aromatic carbocycles. The number of aromatic nitrogens is 6. The number of carbonyl (C=O) groups excluding carboxylic acids is 7. The molecule has 2 amide bonds. The van der Waals surface area contributed by atoms with Crippen LogP contribution in [0.1, 0.15) is 109 Å². The van der Waals surface area contributed by atoms with E-state index in [0.29, 0.717) is 49.4 Å².